The zero-order chi connectivity index (χ0) is 11.4. The predicted octanol–water partition coefficient (Wildman–Crippen LogP) is 1.24. The maximum Gasteiger partial charge on any atom is 0.168 e. The first-order chi connectivity index (χ1) is 7.04. The molecule has 1 rings (SSSR count). The molecule has 84 valence electrons. The minimum Gasteiger partial charge on any atom is -0.471 e. The first-order valence-corrected chi connectivity index (χ1v) is 4.59. The zero-order valence-electron chi connectivity index (χ0n) is 8.63. The lowest BCUT2D eigenvalue weighted by molar-refractivity contribution is 0.143. The maximum absolute atomic E-state index is 13.2. The summed E-state index contributed by atoms with van der Waals surface area (Å²) < 4.78 is 31.0. The molecule has 0 aliphatic rings. The Morgan fingerprint density at radius 2 is 2.07 bits per heavy atom. The number of nitrogens with one attached hydrogen (secondary N) is 1. The number of ether oxygens (including phenoxy) is 1. The van der Waals surface area contributed by atoms with Crippen LogP contribution in [-0.2, 0) is 0 Å². The summed E-state index contributed by atoms with van der Waals surface area (Å²) in [5.74, 6) is -1.40. The third kappa shape index (κ3) is 3.14. The van der Waals surface area contributed by atoms with E-state index in [1.807, 2.05) is 0 Å². The van der Waals surface area contributed by atoms with Gasteiger partial charge in [0.1, 0.15) is 5.82 Å². The monoisotopic (exact) mass is 216 g/mol. The average molecular weight is 216 g/mol. The van der Waals surface area contributed by atoms with Crippen LogP contribution in [-0.4, -0.2) is 19.3 Å². The van der Waals surface area contributed by atoms with Gasteiger partial charge in [0.05, 0.1) is 6.04 Å². The van der Waals surface area contributed by atoms with E-state index in [0.29, 0.717) is 0 Å². The van der Waals surface area contributed by atoms with E-state index in [4.69, 9.17) is 10.5 Å². The van der Waals surface area contributed by atoms with Gasteiger partial charge in [0.25, 0.3) is 0 Å². The Kier molecular flexibility index (Phi) is 3.99. The van der Waals surface area contributed by atoms with Gasteiger partial charge in [0, 0.05) is 6.07 Å². The third-order valence-corrected chi connectivity index (χ3v) is 1.91. The van der Waals surface area contributed by atoms with E-state index in [1.165, 1.54) is 6.07 Å². The van der Waals surface area contributed by atoms with Gasteiger partial charge in [-0.3, -0.25) is 5.32 Å². The molecular formula is C10H14F2N2O. The first-order valence-electron chi connectivity index (χ1n) is 4.59. The summed E-state index contributed by atoms with van der Waals surface area (Å²) in [6.07, 6.45) is -0.509. The molecule has 0 amide bonds. The quantitative estimate of drug-likeness (QED) is 0.744. The summed E-state index contributed by atoms with van der Waals surface area (Å²) in [6.45, 7) is 1.72. The highest BCUT2D eigenvalue weighted by Gasteiger charge is 2.15. The van der Waals surface area contributed by atoms with E-state index in [1.54, 1.807) is 14.0 Å². The molecule has 1 aromatic carbocycles. The fraction of sp³-hybridized carbons (Fsp3) is 0.400. The Balaban J connectivity index is 2.79. The molecule has 0 aliphatic carbocycles. The lowest BCUT2D eigenvalue weighted by Gasteiger charge is -2.21. The van der Waals surface area contributed by atoms with Gasteiger partial charge in [-0.25, -0.2) is 8.78 Å². The molecular weight excluding hydrogens is 202 g/mol. The molecule has 0 aromatic heterocycles. The molecule has 0 aliphatic heterocycles. The molecule has 3 nitrogen and oxygen atoms in total. The van der Waals surface area contributed by atoms with Crippen molar-refractivity contribution in [1.82, 2.24) is 5.32 Å². The van der Waals surface area contributed by atoms with Crippen LogP contribution in [0.1, 0.15) is 6.92 Å². The third-order valence-electron chi connectivity index (χ3n) is 1.91. The maximum atomic E-state index is 13.2. The van der Waals surface area contributed by atoms with Crippen LogP contribution in [0.2, 0.25) is 0 Å². The molecule has 1 aromatic rings. The minimum atomic E-state index is -0.740. The molecule has 0 heterocycles. The van der Waals surface area contributed by atoms with Gasteiger partial charge >= 0.3 is 0 Å². The highest BCUT2D eigenvalue weighted by Crippen LogP contribution is 2.18. The Morgan fingerprint density at radius 1 is 1.40 bits per heavy atom. The number of rotatable bonds is 4. The van der Waals surface area contributed by atoms with E-state index in [-0.39, 0.29) is 11.8 Å². The molecule has 1 unspecified atom stereocenters. The van der Waals surface area contributed by atoms with Gasteiger partial charge < -0.3 is 10.5 Å². The summed E-state index contributed by atoms with van der Waals surface area (Å²) in [7, 11) is 1.65. The minimum absolute atomic E-state index is 0.0203. The number of halogens is 2. The normalized spacial score (nSPS) is 14.7. The van der Waals surface area contributed by atoms with Crippen molar-refractivity contribution in [2.75, 3.05) is 7.05 Å². The molecule has 5 heteroatoms. The van der Waals surface area contributed by atoms with Crippen molar-refractivity contribution in [3.63, 3.8) is 0 Å². The Morgan fingerprint density at radius 3 is 2.53 bits per heavy atom. The molecule has 15 heavy (non-hydrogen) atoms. The van der Waals surface area contributed by atoms with Crippen LogP contribution in [0.5, 0.6) is 5.75 Å². The standard InChI is InChI=1S/C10H14F2N2O/c1-6(13)10(14-2)15-9-4-3-7(11)5-8(9)12/h3-6,10,14H,13H2,1-2H3/t6-,10?/m1/s1. The van der Waals surface area contributed by atoms with Crippen LogP contribution in [0.25, 0.3) is 0 Å². The molecule has 0 spiro atoms. The number of hydrogen-bond acceptors (Lipinski definition) is 3. The Labute approximate surface area is 87.2 Å². The highest BCUT2D eigenvalue weighted by atomic mass is 19.1. The SMILES string of the molecule is CNC(Oc1ccc(F)cc1F)[C@@H](C)N. The highest BCUT2D eigenvalue weighted by molar-refractivity contribution is 5.24. The summed E-state index contributed by atoms with van der Waals surface area (Å²) in [5, 5.41) is 2.78. The zero-order valence-corrected chi connectivity index (χ0v) is 8.63. The average Bonchev–Trinajstić information content (AvgIpc) is 2.16. The number of likely N-dealkylation sites (N-methyl/N-ethyl adjacent to an activating group) is 1. The van der Waals surface area contributed by atoms with E-state index < -0.39 is 17.9 Å². The number of hydrogen-bond donors (Lipinski definition) is 2. The first kappa shape index (κ1) is 11.9. The van der Waals surface area contributed by atoms with Crippen molar-refractivity contribution in [1.29, 1.82) is 0 Å². The van der Waals surface area contributed by atoms with Gasteiger partial charge in [-0.2, -0.15) is 0 Å². The van der Waals surface area contributed by atoms with E-state index in [0.717, 1.165) is 12.1 Å². The lowest BCUT2D eigenvalue weighted by atomic mass is 10.3. The molecule has 0 fully saturated rings. The van der Waals surface area contributed by atoms with Crippen LogP contribution in [0.4, 0.5) is 8.78 Å². The molecule has 3 N–H and O–H groups in total. The van der Waals surface area contributed by atoms with Crippen LogP contribution >= 0.6 is 0 Å². The Bertz CT molecular complexity index is 331. The predicted molar refractivity (Wildman–Crippen MR) is 53.5 cm³/mol. The van der Waals surface area contributed by atoms with Gasteiger partial charge in [-0.15, -0.1) is 0 Å². The Hall–Kier alpha value is -1.20. The second-order valence-electron chi connectivity index (χ2n) is 3.26. The molecule has 2 atom stereocenters. The van der Waals surface area contributed by atoms with Crippen LogP contribution in [0.3, 0.4) is 0 Å². The van der Waals surface area contributed by atoms with Crippen molar-refractivity contribution >= 4 is 0 Å². The molecule has 0 saturated heterocycles. The summed E-state index contributed by atoms with van der Waals surface area (Å²) in [5.41, 5.74) is 5.59. The van der Waals surface area contributed by atoms with E-state index >= 15 is 0 Å². The molecule has 0 radical (unpaired) electrons. The second kappa shape index (κ2) is 5.04. The number of nitrogens with two attached hydrogens (primary N) is 1. The van der Waals surface area contributed by atoms with E-state index in [2.05, 4.69) is 5.32 Å². The van der Waals surface area contributed by atoms with Crippen molar-refractivity contribution in [2.24, 2.45) is 5.73 Å². The van der Waals surface area contributed by atoms with Crippen molar-refractivity contribution in [3.8, 4) is 5.75 Å². The summed E-state index contributed by atoms with van der Waals surface area (Å²) >= 11 is 0. The van der Waals surface area contributed by atoms with Gasteiger partial charge in [-0.1, -0.05) is 0 Å². The topological polar surface area (TPSA) is 47.3 Å². The van der Waals surface area contributed by atoms with Crippen LogP contribution < -0.4 is 15.8 Å². The second-order valence-corrected chi connectivity index (χ2v) is 3.26. The summed E-state index contributed by atoms with van der Waals surface area (Å²) in [4.78, 5) is 0. The van der Waals surface area contributed by atoms with E-state index in [9.17, 15) is 8.78 Å². The van der Waals surface area contributed by atoms with Crippen molar-refractivity contribution < 1.29 is 13.5 Å². The van der Waals surface area contributed by atoms with Gasteiger partial charge in [0.15, 0.2) is 17.8 Å². The van der Waals surface area contributed by atoms with Crippen molar-refractivity contribution in [3.05, 3.63) is 29.8 Å². The van der Waals surface area contributed by atoms with Gasteiger partial charge in [-0.05, 0) is 26.1 Å². The molecule has 0 saturated carbocycles. The largest absolute Gasteiger partial charge is 0.471 e. The van der Waals surface area contributed by atoms with Gasteiger partial charge in [0.2, 0.25) is 0 Å². The fourth-order valence-corrected chi connectivity index (χ4v) is 1.14. The van der Waals surface area contributed by atoms with Crippen molar-refractivity contribution in [2.45, 2.75) is 19.2 Å². The number of benzene rings is 1. The fourth-order valence-electron chi connectivity index (χ4n) is 1.14. The smallest absolute Gasteiger partial charge is 0.168 e. The van der Waals surface area contributed by atoms with Crippen LogP contribution in [0.15, 0.2) is 18.2 Å². The molecule has 0 bridgehead atoms. The lowest BCUT2D eigenvalue weighted by Crippen LogP contribution is -2.45. The summed E-state index contributed by atoms with van der Waals surface area (Å²) in [6, 6.07) is 2.83. The van der Waals surface area contributed by atoms with Crippen LogP contribution in [0, 0.1) is 11.6 Å².